The molecule has 0 radical (unpaired) electrons. The van der Waals surface area contributed by atoms with Crippen molar-refractivity contribution in [1.82, 2.24) is 0 Å². The number of ether oxygens (including phenoxy) is 3. The number of nitrogens with two attached hydrogens (primary N) is 1. The Labute approximate surface area is 188 Å². The summed E-state index contributed by atoms with van der Waals surface area (Å²) in [4.78, 5) is 45.9. The van der Waals surface area contributed by atoms with Crippen LogP contribution in [0, 0.1) is 17.8 Å². The quantitative estimate of drug-likeness (QED) is 0.287. The molecule has 0 spiro atoms. The lowest BCUT2D eigenvalue weighted by Gasteiger charge is -2.45. The number of carbonyl (C=O) groups excluding carboxylic acids is 1. The second-order valence-electron chi connectivity index (χ2n) is 7.44. The molecule has 0 unspecified atom stereocenters. The Bertz CT molecular complexity index is 876. The molecule has 1 aromatic rings. The van der Waals surface area contributed by atoms with Crippen molar-refractivity contribution >= 4 is 41.2 Å². The maximum Gasteiger partial charge on any atom is 0.303 e. The lowest BCUT2D eigenvalue weighted by Crippen LogP contribution is -2.53. The molecule has 0 saturated carbocycles. The molecular weight excluding hydrogens is 450 g/mol. The summed E-state index contributed by atoms with van der Waals surface area (Å²) in [6, 6.07) is 4.37. The standard InChI is InChI=1S/C20H24ClNO10/c1-9(23)30-8-16-12(6-18(26)27)11(5-17(24)25)13(7-19(28)29)20(32-16)31-15-4-10(22)2-3-14(15)21/h2-4,11-13,16,20H,5-8,22H2,1H3,(H,24,25)(H,26,27)(H,28,29)/t11-,12-,13+,16-,20+/m0/s1. The van der Waals surface area contributed by atoms with E-state index < -0.39 is 73.3 Å². The molecule has 1 saturated heterocycles. The van der Waals surface area contributed by atoms with Crippen molar-refractivity contribution in [3.63, 3.8) is 0 Å². The van der Waals surface area contributed by atoms with Crippen molar-refractivity contribution in [2.45, 2.75) is 38.6 Å². The van der Waals surface area contributed by atoms with E-state index in [0.717, 1.165) is 6.92 Å². The molecule has 176 valence electrons. The highest BCUT2D eigenvalue weighted by atomic mass is 35.5. The molecule has 11 nitrogen and oxygen atoms in total. The summed E-state index contributed by atoms with van der Waals surface area (Å²) >= 11 is 6.13. The number of carboxylic acids is 3. The van der Waals surface area contributed by atoms with Gasteiger partial charge in [0.15, 0.2) is 0 Å². The van der Waals surface area contributed by atoms with Gasteiger partial charge in [0, 0.05) is 36.9 Å². The summed E-state index contributed by atoms with van der Waals surface area (Å²) in [7, 11) is 0. The Kier molecular flexibility index (Phi) is 8.67. The minimum atomic E-state index is -1.32. The third-order valence-corrected chi connectivity index (χ3v) is 5.43. The van der Waals surface area contributed by atoms with Crippen LogP contribution in [0.1, 0.15) is 26.2 Å². The first-order valence-electron chi connectivity index (χ1n) is 9.63. The van der Waals surface area contributed by atoms with Crippen LogP contribution in [0.15, 0.2) is 18.2 Å². The summed E-state index contributed by atoms with van der Waals surface area (Å²) in [5, 5.41) is 28.4. The highest BCUT2D eigenvalue weighted by Crippen LogP contribution is 2.43. The van der Waals surface area contributed by atoms with Gasteiger partial charge in [-0.2, -0.15) is 0 Å². The zero-order valence-corrected chi connectivity index (χ0v) is 17.9. The molecule has 1 aliphatic rings. The molecule has 2 rings (SSSR count). The maximum absolute atomic E-state index is 11.6. The summed E-state index contributed by atoms with van der Waals surface area (Å²) < 4.78 is 16.6. The number of benzene rings is 1. The van der Waals surface area contributed by atoms with E-state index in [9.17, 15) is 34.5 Å². The summed E-state index contributed by atoms with van der Waals surface area (Å²) in [6.45, 7) is 0.783. The van der Waals surface area contributed by atoms with Gasteiger partial charge in [0.1, 0.15) is 12.4 Å². The predicted molar refractivity (Wildman–Crippen MR) is 109 cm³/mol. The molecule has 1 aliphatic heterocycles. The fraction of sp³-hybridized carbons (Fsp3) is 0.500. The number of carboxylic acid groups (broad SMARTS) is 3. The molecule has 5 atom stereocenters. The average Bonchev–Trinajstić information content (AvgIpc) is 2.66. The van der Waals surface area contributed by atoms with Gasteiger partial charge < -0.3 is 35.3 Å². The molecular formula is C20H24ClNO10. The first kappa shape index (κ1) is 25.2. The molecule has 1 fully saturated rings. The number of anilines is 1. The highest BCUT2D eigenvalue weighted by molar-refractivity contribution is 6.32. The molecule has 0 aliphatic carbocycles. The van der Waals surface area contributed by atoms with Crippen LogP contribution < -0.4 is 10.5 Å². The van der Waals surface area contributed by atoms with Gasteiger partial charge in [0.2, 0.25) is 6.29 Å². The van der Waals surface area contributed by atoms with Gasteiger partial charge in [-0.1, -0.05) is 11.6 Å². The number of hydrogen-bond acceptors (Lipinski definition) is 8. The van der Waals surface area contributed by atoms with Crippen LogP contribution in [0.25, 0.3) is 0 Å². The van der Waals surface area contributed by atoms with Gasteiger partial charge >= 0.3 is 23.9 Å². The lowest BCUT2D eigenvalue weighted by atomic mass is 9.71. The predicted octanol–water partition coefficient (Wildman–Crippen LogP) is 1.86. The van der Waals surface area contributed by atoms with Crippen LogP contribution in [0.5, 0.6) is 5.75 Å². The lowest BCUT2D eigenvalue weighted by molar-refractivity contribution is -0.237. The Hall–Kier alpha value is -3.05. The normalized spacial score (nSPS) is 25.0. The van der Waals surface area contributed by atoms with Crippen LogP contribution in [0.4, 0.5) is 5.69 Å². The highest BCUT2D eigenvalue weighted by Gasteiger charge is 2.49. The molecule has 12 heteroatoms. The molecule has 0 aromatic heterocycles. The fourth-order valence-electron chi connectivity index (χ4n) is 3.82. The van der Waals surface area contributed by atoms with Crippen molar-refractivity contribution in [3.8, 4) is 5.75 Å². The van der Waals surface area contributed by atoms with Gasteiger partial charge in [-0.3, -0.25) is 19.2 Å². The van der Waals surface area contributed by atoms with E-state index in [1.54, 1.807) is 0 Å². The van der Waals surface area contributed by atoms with Gasteiger partial charge in [-0.15, -0.1) is 0 Å². The van der Waals surface area contributed by atoms with Crippen molar-refractivity contribution < 1.29 is 48.7 Å². The zero-order valence-electron chi connectivity index (χ0n) is 17.1. The Morgan fingerprint density at radius 1 is 1.00 bits per heavy atom. The Balaban J connectivity index is 2.49. The van der Waals surface area contributed by atoms with E-state index in [4.69, 9.17) is 31.5 Å². The molecule has 1 aromatic carbocycles. The number of hydrogen-bond donors (Lipinski definition) is 4. The van der Waals surface area contributed by atoms with Crippen LogP contribution >= 0.6 is 11.6 Å². The Morgan fingerprint density at radius 3 is 2.12 bits per heavy atom. The molecule has 32 heavy (non-hydrogen) atoms. The van der Waals surface area contributed by atoms with E-state index >= 15 is 0 Å². The second kappa shape index (κ2) is 11.0. The van der Waals surface area contributed by atoms with Gasteiger partial charge in [0.25, 0.3) is 0 Å². The van der Waals surface area contributed by atoms with E-state index in [0.29, 0.717) is 5.69 Å². The van der Waals surface area contributed by atoms with Crippen molar-refractivity contribution in [3.05, 3.63) is 23.2 Å². The number of esters is 1. The fourth-order valence-corrected chi connectivity index (χ4v) is 3.98. The van der Waals surface area contributed by atoms with E-state index in [1.165, 1.54) is 18.2 Å². The summed E-state index contributed by atoms with van der Waals surface area (Å²) in [5.41, 5.74) is 6.06. The number of halogens is 1. The SMILES string of the molecule is CC(=O)OC[C@@H]1O[C@@H](Oc2cc(N)ccc2Cl)[C@H](CC(=O)O)[C@@H](CC(=O)O)[C@@H]1CC(=O)O. The molecule has 0 bridgehead atoms. The van der Waals surface area contributed by atoms with Gasteiger partial charge in [-0.25, -0.2) is 0 Å². The van der Waals surface area contributed by atoms with Crippen molar-refractivity contribution in [2.75, 3.05) is 12.3 Å². The van der Waals surface area contributed by atoms with Crippen LogP contribution in [0.3, 0.4) is 0 Å². The van der Waals surface area contributed by atoms with Crippen molar-refractivity contribution in [2.24, 2.45) is 17.8 Å². The average molecular weight is 474 g/mol. The molecule has 1 heterocycles. The third-order valence-electron chi connectivity index (χ3n) is 5.12. The Morgan fingerprint density at radius 2 is 1.56 bits per heavy atom. The third kappa shape index (κ3) is 6.99. The minimum Gasteiger partial charge on any atom is -0.481 e. The number of nitrogen functional groups attached to an aromatic ring is 1. The number of rotatable bonds is 10. The monoisotopic (exact) mass is 473 g/mol. The van der Waals surface area contributed by atoms with Gasteiger partial charge in [0.05, 0.1) is 24.0 Å². The first-order valence-corrected chi connectivity index (χ1v) is 10.0. The van der Waals surface area contributed by atoms with Crippen LogP contribution in [0.2, 0.25) is 5.02 Å². The smallest absolute Gasteiger partial charge is 0.303 e. The second-order valence-corrected chi connectivity index (χ2v) is 7.85. The number of aliphatic carboxylic acids is 3. The summed E-state index contributed by atoms with van der Waals surface area (Å²) in [6.07, 6.45) is -4.00. The summed E-state index contributed by atoms with van der Waals surface area (Å²) in [5.74, 6) is -7.30. The van der Waals surface area contributed by atoms with Gasteiger partial charge in [-0.05, 0) is 18.1 Å². The first-order chi connectivity index (χ1) is 15.0. The topological polar surface area (TPSA) is 183 Å². The van der Waals surface area contributed by atoms with Crippen LogP contribution in [-0.4, -0.2) is 58.2 Å². The molecule has 5 N–H and O–H groups in total. The van der Waals surface area contributed by atoms with E-state index in [1.807, 2.05) is 0 Å². The van der Waals surface area contributed by atoms with E-state index in [2.05, 4.69) is 0 Å². The maximum atomic E-state index is 11.6. The van der Waals surface area contributed by atoms with E-state index in [-0.39, 0.29) is 17.4 Å². The minimum absolute atomic E-state index is 0.0732. The van der Waals surface area contributed by atoms with Crippen LogP contribution in [-0.2, 0) is 28.7 Å². The molecule has 0 amide bonds. The largest absolute Gasteiger partial charge is 0.481 e. The number of carbonyl (C=O) groups is 4. The van der Waals surface area contributed by atoms with Crippen molar-refractivity contribution in [1.29, 1.82) is 0 Å². The zero-order chi connectivity index (χ0) is 24.0.